The smallest absolute Gasteiger partial charge is 0.308 e. The van der Waals surface area contributed by atoms with Crippen molar-refractivity contribution in [3.63, 3.8) is 0 Å². The van der Waals surface area contributed by atoms with Gasteiger partial charge in [-0.05, 0) is 19.4 Å². The molecule has 0 saturated carbocycles. The lowest BCUT2D eigenvalue weighted by Crippen LogP contribution is -2.44. The molecule has 1 rings (SSSR count). The van der Waals surface area contributed by atoms with Crippen LogP contribution in [0.4, 0.5) is 0 Å². The molecule has 0 bridgehead atoms. The Balaban J connectivity index is 2.31. The second kappa shape index (κ2) is 6.48. The first-order valence-corrected chi connectivity index (χ1v) is 5.75. The predicted octanol–water partition coefficient (Wildman–Crippen LogP) is 0.00750. The molecular formula is C11H20N2O3. The fourth-order valence-electron chi connectivity index (χ4n) is 1.87. The number of carbonyl (C=O) groups excluding carboxylic acids is 2. The molecule has 5 nitrogen and oxygen atoms in total. The minimum absolute atomic E-state index is 0.0341. The molecular weight excluding hydrogens is 208 g/mol. The molecule has 1 aliphatic rings. The summed E-state index contributed by atoms with van der Waals surface area (Å²) >= 11 is 0. The number of likely N-dealkylation sites (N-methyl/N-ethyl adjacent to an activating group) is 1. The van der Waals surface area contributed by atoms with Gasteiger partial charge in [0.1, 0.15) is 0 Å². The van der Waals surface area contributed by atoms with Crippen LogP contribution in [-0.4, -0.2) is 50.1 Å². The zero-order valence-corrected chi connectivity index (χ0v) is 9.99. The van der Waals surface area contributed by atoms with Crippen molar-refractivity contribution < 1.29 is 14.3 Å². The summed E-state index contributed by atoms with van der Waals surface area (Å²) in [5.41, 5.74) is 0. The van der Waals surface area contributed by atoms with Crippen molar-refractivity contribution in [1.82, 2.24) is 10.2 Å². The third kappa shape index (κ3) is 3.48. The Hall–Kier alpha value is -1.10. The molecule has 1 amide bonds. The maximum absolute atomic E-state index is 11.7. The van der Waals surface area contributed by atoms with Crippen LogP contribution in [0.2, 0.25) is 0 Å². The van der Waals surface area contributed by atoms with Crippen LogP contribution in [0, 0.1) is 5.92 Å². The normalized spacial score (nSPS) is 17.2. The quantitative estimate of drug-likeness (QED) is 0.688. The van der Waals surface area contributed by atoms with E-state index in [2.05, 4.69) is 5.32 Å². The van der Waals surface area contributed by atoms with Crippen LogP contribution in [-0.2, 0) is 14.3 Å². The van der Waals surface area contributed by atoms with Gasteiger partial charge in [0, 0.05) is 13.1 Å². The van der Waals surface area contributed by atoms with Gasteiger partial charge >= 0.3 is 5.97 Å². The number of piperidine rings is 1. The number of carbonyl (C=O) groups is 2. The summed E-state index contributed by atoms with van der Waals surface area (Å²) in [5, 5.41) is 3.01. The molecule has 0 radical (unpaired) electrons. The van der Waals surface area contributed by atoms with Gasteiger partial charge in [0.2, 0.25) is 5.91 Å². The van der Waals surface area contributed by atoms with Crippen molar-refractivity contribution in [3.05, 3.63) is 0 Å². The highest BCUT2D eigenvalue weighted by Crippen LogP contribution is 2.18. The van der Waals surface area contributed by atoms with Gasteiger partial charge in [0.25, 0.3) is 0 Å². The summed E-state index contributed by atoms with van der Waals surface area (Å²) in [6, 6.07) is 0. The van der Waals surface area contributed by atoms with E-state index in [9.17, 15) is 9.59 Å². The highest BCUT2D eigenvalue weighted by molar-refractivity contribution is 5.79. The monoisotopic (exact) mass is 228 g/mol. The number of ether oxygens (including phenoxy) is 1. The number of hydrogen-bond donors (Lipinski definition) is 1. The van der Waals surface area contributed by atoms with Crippen molar-refractivity contribution in [2.45, 2.75) is 19.8 Å². The third-order valence-corrected chi connectivity index (χ3v) is 2.91. The van der Waals surface area contributed by atoms with Crippen molar-refractivity contribution >= 4 is 11.9 Å². The largest absolute Gasteiger partial charge is 0.469 e. The summed E-state index contributed by atoms with van der Waals surface area (Å²) in [4.78, 5) is 24.7. The number of nitrogens with zero attached hydrogens (tertiary/aromatic N) is 1. The zero-order chi connectivity index (χ0) is 12.0. The van der Waals surface area contributed by atoms with Gasteiger partial charge in [-0.2, -0.15) is 0 Å². The Morgan fingerprint density at radius 1 is 1.38 bits per heavy atom. The molecule has 0 aromatic carbocycles. The number of amides is 1. The molecule has 0 unspecified atom stereocenters. The van der Waals surface area contributed by atoms with Gasteiger partial charge in [-0.1, -0.05) is 6.92 Å². The molecule has 0 spiro atoms. The van der Waals surface area contributed by atoms with Crippen LogP contribution in [0.25, 0.3) is 0 Å². The van der Waals surface area contributed by atoms with Gasteiger partial charge in [-0.25, -0.2) is 0 Å². The molecule has 0 aromatic heterocycles. The molecule has 1 N–H and O–H groups in total. The van der Waals surface area contributed by atoms with Crippen LogP contribution in [0.3, 0.4) is 0 Å². The van der Waals surface area contributed by atoms with Crippen LogP contribution in [0.1, 0.15) is 19.8 Å². The van der Waals surface area contributed by atoms with Crippen LogP contribution in [0.5, 0.6) is 0 Å². The zero-order valence-electron chi connectivity index (χ0n) is 9.99. The molecule has 1 heterocycles. The molecule has 1 fully saturated rings. The Labute approximate surface area is 96.1 Å². The second-order valence-corrected chi connectivity index (χ2v) is 3.96. The lowest BCUT2D eigenvalue weighted by atomic mass is 9.97. The van der Waals surface area contributed by atoms with Crippen LogP contribution in [0.15, 0.2) is 0 Å². The maximum Gasteiger partial charge on any atom is 0.308 e. The Morgan fingerprint density at radius 3 is 2.50 bits per heavy atom. The van der Waals surface area contributed by atoms with E-state index in [0.717, 1.165) is 6.54 Å². The van der Waals surface area contributed by atoms with Crippen molar-refractivity contribution in [2.24, 2.45) is 5.92 Å². The van der Waals surface area contributed by atoms with E-state index in [1.165, 1.54) is 7.11 Å². The Kier molecular flexibility index (Phi) is 5.25. The average Bonchev–Trinajstić information content (AvgIpc) is 2.35. The fraction of sp³-hybridized carbons (Fsp3) is 0.818. The highest BCUT2D eigenvalue weighted by Gasteiger charge is 2.27. The topological polar surface area (TPSA) is 58.6 Å². The van der Waals surface area contributed by atoms with Crippen molar-refractivity contribution in [3.8, 4) is 0 Å². The van der Waals surface area contributed by atoms with E-state index in [4.69, 9.17) is 4.74 Å². The fourth-order valence-corrected chi connectivity index (χ4v) is 1.87. The molecule has 5 heteroatoms. The number of esters is 1. The van der Waals surface area contributed by atoms with E-state index in [1.807, 2.05) is 11.8 Å². The van der Waals surface area contributed by atoms with Crippen LogP contribution < -0.4 is 5.32 Å². The predicted molar refractivity (Wildman–Crippen MR) is 59.9 cm³/mol. The lowest BCUT2D eigenvalue weighted by Gasteiger charge is -2.30. The van der Waals surface area contributed by atoms with E-state index in [-0.39, 0.29) is 17.8 Å². The van der Waals surface area contributed by atoms with E-state index in [1.54, 1.807) is 0 Å². The van der Waals surface area contributed by atoms with E-state index < -0.39 is 0 Å². The standard InChI is InChI=1S/C11H20N2O3/c1-3-12-8-10(14)13-6-4-9(5-7-13)11(15)16-2/h9,12H,3-8H2,1-2H3. The summed E-state index contributed by atoms with van der Waals surface area (Å²) in [6.45, 7) is 4.47. The molecule has 0 atom stereocenters. The summed E-state index contributed by atoms with van der Waals surface area (Å²) in [5.74, 6) is -0.0721. The van der Waals surface area contributed by atoms with E-state index >= 15 is 0 Å². The van der Waals surface area contributed by atoms with Crippen LogP contribution >= 0.6 is 0 Å². The van der Waals surface area contributed by atoms with Gasteiger partial charge in [-0.3, -0.25) is 9.59 Å². The molecule has 0 aliphatic carbocycles. The first-order chi connectivity index (χ1) is 7.69. The summed E-state index contributed by atoms with van der Waals surface area (Å²) in [7, 11) is 1.41. The van der Waals surface area contributed by atoms with Gasteiger partial charge < -0.3 is 15.0 Å². The summed E-state index contributed by atoms with van der Waals surface area (Å²) in [6.07, 6.45) is 1.43. The molecule has 92 valence electrons. The second-order valence-electron chi connectivity index (χ2n) is 3.96. The highest BCUT2D eigenvalue weighted by atomic mass is 16.5. The number of likely N-dealkylation sites (tertiary alicyclic amines) is 1. The molecule has 16 heavy (non-hydrogen) atoms. The molecule has 0 aromatic rings. The van der Waals surface area contributed by atoms with E-state index in [0.29, 0.717) is 32.5 Å². The molecule has 1 aliphatic heterocycles. The first-order valence-electron chi connectivity index (χ1n) is 5.75. The van der Waals surface area contributed by atoms with Crippen molar-refractivity contribution in [1.29, 1.82) is 0 Å². The first kappa shape index (κ1) is 13.0. The number of hydrogen-bond acceptors (Lipinski definition) is 4. The Morgan fingerprint density at radius 2 is 2.00 bits per heavy atom. The average molecular weight is 228 g/mol. The minimum atomic E-state index is -0.154. The number of rotatable bonds is 4. The maximum atomic E-state index is 11.7. The SMILES string of the molecule is CCNCC(=O)N1CCC(C(=O)OC)CC1. The Bertz CT molecular complexity index is 248. The van der Waals surface area contributed by atoms with Gasteiger partial charge in [0.05, 0.1) is 19.6 Å². The number of methoxy groups -OCH3 is 1. The minimum Gasteiger partial charge on any atom is -0.469 e. The molecule has 1 saturated heterocycles. The summed E-state index contributed by atoms with van der Waals surface area (Å²) < 4.78 is 4.70. The third-order valence-electron chi connectivity index (χ3n) is 2.91. The van der Waals surface area contributed by atoms with Crippen molar-refractivity contribution in [2.75, 3.05) is 33.3 Å². The van der Waals surface area contributed by atoms with Gasteiger partial charge in [0.15, 0.2) is 0 Å². The van der Waals surface area contributed by atoms with Gasteiger partial charge in [-0.15, -0.1) is 0 Å². The number of nitrogens with one attached hydrogen (secondary N) is 1. The lowest BCUT2D eigenvalue weighted by molar-refractivity contribution is -0.148.